The standard InChI is InChI=1S/C70H54N2Si2/c1-73(2)65-45-55(71(51-23-7-5-8-24-51)53-37-33-49(34-38-53)59-31-17-21-47-19-11-13-27-57(47)59)41-43-63(65)67-61-29-15-16-30-62(61)68-64-44-42-56(46-66(64)74(3,4)70(68)69(67)73)72(52-25-9-6-10-26-52)54-39-35-50(36-40-54)60-32-18-22-48-20-12-14-28-58(48)60/h5-46H,1-4H3. The highest BCUT2D eigenvalue weighted by molar-refractivity contribution is 7.13. The molecule has 0 spiro atoms. The average molecular weight is 979 g/mol. The van der Waals surface area contributed by atoms with Crippen molar-refractivity contribution in [3.63, 3.8) is 0 Å². The van der Waals surface area contributed by atoms with Gasteiger partial charge in [0.05, 0.1) is 0 Å². The second-order valence-corrected chi connectivity index (χ2v) is 29.8. The van der Waals surface area contributed by atoms with Gasteiger partial charge in [-0.2, -0.15) is 0 Å². The fourth-order valence-corrected chi connectivity index (χ4v) is 21.4. The first-order chi connectivity index (χ1) is 36.2. The van der Waals surface area contributed by atoms with E-state index in [0.717, 1.165) is 22.7 Å². The fraction of sp³-hybridized carbons (Fsp3) is 0.0571. The normalized spacial score (nSPS) is 13.6. The van der Waals surface area contributed by atoms with Crippen molar-refractivity contribution in [2.24, 2.45) is 0 Å². The van der Waals surface area contributed by atoms with Crippen LogP contribution >= 0.6 is 0 Å². The van der Waals surface area contributed by atoms with E-state index in [4.69, 9.17) is 0 Å². The van der Waals surface area contributed by atoms with E-state index in [1.54, 1.807) is 10.4 Å². The molecule has 2 heterocycles. The monoisotopic (exact) mass is 978 g/mol. The molecule has 0 N–H and O–H groups in total. The molecule has 14 rings (SSSR count). The van der Waals surface area contributed by atoms with Crippen LogP contribution in [0.2, 0.25) is 26.2 Å². The van der Waals surface area contributed by atoms with E-state index in [-0.39, 0.29) is 0 Å². The van der Waals surface area contributed by atoms with Crippen LogP contribution in [0.3, 0.4) is 0 Å². The summed E-state index contributed by atoms with van der Waals surface area (Å²) in [4.78, 5) is 4.91. The van der Waals surface area contributed by atoms with Gasteiger partial charge in [0, 0.05) is 34.1 Å². The quantitative estimate of drug-likeness (QED) is 0.140. The molecule has 0 aromatic heterocycles. The van der Waals surface area contributed by atoms with Crippen molar-refractivity contribution in [2.45, 2.75) is 26.2 Å². The van der Waals surface area contributed by atoms with Crippen molar-refractivity contribution < 1.29 is 0 Å². The van der Waals surface area contributed by atoms with Gasteiger partial charge in [-0.15, -0.1) is 0 Å². The molecule has 0 radical (unpaired) electrons. The lowest BCUT2D eigenvalue weighted by Crippen LogP contribution is -2.63. The molecule has 2 aliphatic rings. The summed E-state index contributed by atoms with van der Waals surface area (Å²) in [6.45, 7) is 10.5. The lowest BCUT2D eigenvalue weighted by atomic mass is 9.92. The molecule has 0 unspecified atom stereocenters. The maximum Gasteiger partial charge on any atom is 0.113 e. The van der Waals surface area contributed by atoms with Crippen LogP contribution in [0.4, 0.5) is 34.1 Å². The highest BCUT2D eigenvalue weighted by Crippen LogP contribution is 2.46. The van der Waals surface area contributed by atoms with Crippen LogP contribution in [-0.2, 0) is 0 Å². The molecular weight excluding hydrogens is 925 g/mol. The molecule has 12 aromatic rings. The summed E-state index contributed by atoms with van der Waals surface area (Å²) in [5, 5.41) is 14.1. The van der Waals surface area contributed by atoms with Crippen molar-refractivity contribution in [3.05, 3.63) is 255 Å². The first-order valence-corrected chi connectivity index (χ1v) is 32.0. The number of benzene rings is 12. The predicted molar refractivity (Wildman–Crippen MR) is 324 cm³/mol. The van der Waals surface area contributed by atoms with E-state index in [1.165, 1.54) is 98.6 Å². The number of rotatable bonds is 8. The maximum atomic E-state index is 2.63. The van der Waals surface area contributed by atoms with Crippen molar-refractivity contribution >= 4 is 103 Å². The van der Waals surface area contributed by atoms with Crippen LogP contribution in [0.25, 0.3) is 76.8 Å². The third-order valence-corrected chi connectivity index (χ3v) is 23.6. The van der Waals surface area contributed by atoms with Crippen molar-refractivity contribution in [2.75, 3.05) is 9.80 Å². The van der Waals surface area contributed by atoms with Gasteiger partial charge in [-0.25, -0.2) is 0 Å². The second-order valence-electron chi connectivity index (χ2n) is 21.2. The predicted octanol–water partition coefficient (Wildman–Crippen LogP) is 17.0. The number of fused-ring (bicyclic) bond motifs is 12. The molecule has 74 heavy (non-hydrogen) atoms. The van der Waals surface area contributed by atoms with Gasteiger partial charge in [0.25, 0.3) is 0 Å². The van der Waals surface area contributed by atoms with Crippen LogP contribution in [0.15, 0.2) is 255 Å². The van der Waals surface area contributed by atoms with Gasteiger partial charge in [0.1, 0.15) is 16.1 Å². The molecule has 4 heteroatoms. The van der Waals surface area contributed by atoms with Gasteiger partial charge in [-0.3, -0.25) is 0 Å². The summed E-state index contributed by atoms with van der Waals surface area (Å²) >= 11 is 0. The Bertz CT molecular complexity index is 3900. The van der Waals surface area contributed by atoms with E-state index in [1.807, 2.05) is 0 Å². The summed E-state index contributed by atoms with van der Waals surface area (Å²) in [6.07, 6.45) is 0. The molecule has 0 bridgehead atoms. The number of hydrogen-bond acceptors (Lipinski definition) is 2. The topological polar surface area (TPSA) is 6.48 Å². The fourth-order valence-electron chi connectivity index (χ4n) is 12.9. The van der Waals surface area contributed by atoms with Crippen LogP contribution < -0.4 is 30.5 Å². The Labute approximate surface area is 436 Å². The van der Waals surface area contributed by atoms with Crippen LogP contribution in [-0.4, -0.2) is 16.1 Å². The zero-order valence-corrected chi connectivity index (χ0v) is 44.1. The Morgan fingerprint density at radius 2 is 0.581 bits per heavy atom. The lowest BCUT2D eigenvalue weighted by Gasteiger charge is -2.30. The van der Waals surface area contributed by atoms with E-state index in [2.05, 4.69) is 291 Å². The molecule has 0 aliphatic carbocycles. The van der Waals surface area contributed by atoms with Gasteiger partial charge >= 0.3 is 0 Å². The number of para-hydroxylation sites is 2. The van der Waals surface area contributed by atoms with E-state index >= 15 is 0 Å². The Balaban J connectivity index is 0.880. The van der Waals surface area contributed by atoms with Crippen molar-refractivity contribution in [1.29, 1.82) is 0 Å². The minimum absolute atomic E-state index is 1.14. The molecule has 352 valence electrons. The van der Waals surface area contributed by atoms with Gasteiger partial charge in [0.2, 0.25) is 0 Å². The van der Waals surface area contributed by atoms with E-state index in [9.17, 15) is 0 Å². The molecule has 2 nitrogen and oxygen atoms in total. The van der Waals surface area contributed by atoms with Gasteiger partial charge < -0.3 is 9.80 Å². The summed E-state index contributed by atoms with van der Waals surface area (Å²) in [5.74, 6) is 0. The molecule has 0 saturated heterocycles. The highest BCUT2D eigenvalue weighted by atomic mass is 28.3. The van der Waals surface area contributed by atoms with Crippen molar-refractivity contribution in [1.82, 2.24) is 0 Å². The first-order valence-electron chi connectivity index (χ1n) is 26.0. The minimum Gasteiger partial charge on any atom is -0.311 e. The molecule has 0 atom stereocenters. The summed E-state index contributed by atoms with van der Waals surface area (Å²) in [5.41, 5.74) is 17.7. The lowest BCUT2D eigenvalue weighted by molar-refractivity contribution is 1.29. The molecule has 0 saturated carbocycles. The number of hydrogen-bond donors (Lipinski definition) is 0. The molecule has 12 aromatic carbocycles. The van der Waals surface area contributed by atoms with Crippen LogP contribution in [0, 0.1) is 0 Å². The average Bonchev–Trinajstić information content (AvgIpc) is 3.86. The second kappa shape index (κ2) is 17.0. The third-order valence-electron chi connectivity index (χ3n) is 16.4. The minimum atomic E-state index is -2.34. The Morgan fingerprint density at radius 1 is 0.257 bits per heavy atom. The van der Waals surface area contributed by atoms with Gasteiger partial charge in [-0.05, 0) is 170 Å². The summed E-state index contributed by atoms with van der Waals surface area (Å²) < 4.78 is 0. The molecule has 0 amide bonds. The van der Waals surface area contributed by atoms with Crippen LogP contribution in [0.1, 0.15) is 0 Å². The van der Waals surface area contributed by atoms with E-state index in [0.29, 0.717) is 0 Å². The first kappa shape index (κ1) is 44.2. The zero-order chi connectivity index (χ0) is 49.7. The third kappa shape index (κ3) is 6.82. The van der Waals surface area contributed by atoms with Gasteiger partial charge in [0.15, 0.2) is 0 Å². The maximum absolute atomic E-state index is 2.63. The van der Waals surface area contributed by atoms with Crippen LogP contribution in [0.5, 0.6) is 0 Å². The van der Waals surface area contributed by atoms with Crippen molar-refractivity contribution in [3.8, 4) is 44.5 Å². The van der Waals surface area contributed by atoms with Gasteiger partial charge in [-0.1, -0.05) is 208 Å². The zero-order valence-electron chi connectivity index (χ0n) is 42.1. The Hall–Kier alpha value is -8.55. The SMILES string of the molecule is C[Si]1(C)c2cc(N(c3ccccc3)c3ccc(-c4cccc5ccccc45)cc3)ccc2-c2c1c1c(c3ccccc23)-c2ccc(N(c3ccccc3)c3ccc(-c4cccc5ccccc45)cc3)cc2[Si]1(C)C. The number of anilines is 6. The summed E-state index contributed by atoms with van der Waals surface area (Å²) in [7, 11) is -4.67. The van der Waals surface area contributed by atoms with E-state index < -0.39 is 16.1 Å². The Kier molecular flexibility index (Phi) is 10.2. The smallest absolute Gasteiger partial charge is 0.113 e. The molecular formula is C70H54N2Si2. The highest BCUT2D eigenvalue weighted by Gasteiger charge is 2.49. The molecule has 2 aliphatic heterocycles. The largest absolute Gasteiger partial charge is 0.311 e. The Morgan fingerprint density at radius 3 is 0.986 bits per heavy atom. The number of nitrogens with zero attached hydrogens (tertiary/aromatic N) is 2. The summed E-state index contributed by atoms with van der Waals surface area (Å²) in [6, 6.07) is 94.9. The molecule has 0 fully saturated rings.